The number of benzene rings is 1. The maximum Gasteiger partial charge on any atom is 0.255 e. The van der Waals surface area contributed by atoms with E-state index in [0.717, 1.165) is 30.6 Å². The number of piperidine rings is 1. The molecule has 1 fully saturated rings. The number of carbonyl (C=O) groups is 3. The van der Waals surface area contributed by atoms with E-state index in [1.165, 1.54) is 0 Å². The summed E-state index contributed by atoms with van der Waals surface area (Å²) in [6.07, 6.45) is 2.96. The van der Waals surface area contributed by atoms with Crippen molar-refractivity contribution in [2.24, 2.45) is 5.41 Å². The van der Waals surface area contributed by atoms with Crippen molar-refractivity contribution >= 4 is 23.4 Å². The fourth-order valence-electron chi connectivity index (χ4n) is 3.79. The standard InChI is InChI=1S/C20H27N3O3/c1-4-9-20(2,3)12-21-14-5-6-15-13(10-14)11-23(19(15)26)16-7-8-17(24)22-18(16)25/h5-6,10,16,21H,4,7-9,11-12H2,1-3H3,(H,22,24,25). The molecule has 3 rings (SSSR count). The Labute approximate surface area is 154 Å². The van der Waals surface area contributed by atoms with Gasteiger partial charge in [-0.3, -0.25) is 19.7 Å². The molecule has 1 unspecified atom stereocenters. The zero-order chi connectivity index (χ0) is 18.9. The number of imide groups is 1. The number of carbonyl (C=O) groups excluding carboxylic acids is 3. The maximum absolute atomic E-state index is 12.7. The van der Waals surface area contributed by atoms with Gasteiger partial charge in [-0.05, 0) is 42.0 Å². The molecule has 1 aromatic carbocycles. The monoisotopic (exact) mass is 357 g/mol. The normalized spacial score (nSPS) is 20.2. The Hall–Kier alpha value is -2.37. The van der Waals surface area contributed by atoms with Gasteiger partial charge in [-0.15, -0.1) is 0 Å². The van der Waals surface area contributed by atoms with Crippen LogP contribution in [0.5, 0.6) is 0 Å². The van der Waals surface area contributed by atoms with E-state index >= 15 is 0 Å². The lowest BCUT2D eigenvalue weighted by Crippen LogP contribution is -2.52. The first-order chi connectivity index (χ1) is 12.3. The van der Waals surface area contributed by atoms with E-state index in [-0.39, 0.29) is 29.6 Å². The number of amides is 3. The molecular formula is C20H27N3O3. The first-order valence-electron chi connectivity index (χ1n) is 9.32. The lowest BCUT2D eigenvalue weighted by atomic mass is 9.88. The predicted molar refractivity (Wildman–Crippen MR) is 99.7 cm³/mol. The molecule has 6 nitrogen and oxygen atoms in total. The minimum atomic E-state index is -0.563. The van der Waals surface area contributed by atoms with Crippen LogP contribution in [0.4, 0.5) is 5.69 Å². The highest BCUT2D eigenvalue weighted by Crippen LogP contribution is 2.30. The van der Waals surface area contributed by atoms with Gasteiger partial charge in [0, 0.05) is 30.8 Å². The SMILES string of the molecule is CCCC(C)(C)CNc1ccc2c(c1)CN(C1CCC(=O)NC1=O)C2=O. The molecule has 2 N–H and O–H groups in total. The largest absolute Gasteiger partial charge is 0.385 e. The summed E-state index contributed by atoms with van der Waals surface area (Å²) in [7, 11) is 0. The van der Waals surface area contributed by atoms with E-state index in [0.29, 0.717) is 18.5 Å². The molecule has 0 bridgehead atoms. The third kappa shape index (κ3) is 3.74. The summed E-state index contributed by atoms with van der Waals surface area (Å²) in [5.41, 5.74) is 2.78. The Morgan fingerprint density at radius 2 is 2.04 bits per heavy atom. The van der Waals surface area contributed by atoms with E-state index in [4.69, 9.17) is 0 Å². The Morgan fingerprint density at radius 1 is 1.27 bits per heavy atom. The van der Waals surface area contributed by atoms with Gasteiger partial charge in [-0.25, -0.2) is 0 Å². The second-order valence-corrected chi connectivity index (χ2v) is 8.04. The molecular weight excluding hydrogens is 330 g/mol. The van der Waals surface area contributed by atoms with Gasteiger partial charge in [-0.1, -0.05) is 27.2 Å². The van der Waals surface area contributed by atoms with Crippen LogP contribution in [0.3, 0.4) is 0 Å². The maximum atomic E-state index is 12.7. The van der Waals surface area contributed by atoms with Crippen molar-refractivity contribution in [2.75, 3.05) is 11.9 Å². The van der Waals surface area contributed by atoms with Crippen LogP contribution in [0.15, 0.2) is 18.2 Å². The third-order valence-electron chi connectivity index (χ3n) is 5.22. The van der Waals surface area contributed by atoms with Crippen LogP contribution in [0, 0.1) is 5.41 Å². The average Bonchev–Trinajstić information content (AvgIpc) is 2.89. The molecule has 0 radical (unpaired) electrons. The van der Waals surface area contributed by atoms with Crippen LogP contribution in [-0.4, -0.2) is 35.2 Å². The highest BCUT2D eigenvalue weighted by Gasteiger charge is 2.39. The molecule has 3 amide bonds. The van der Waals surface area contributed by atoms with Gasteiger partial charge in [0.25, 0.3) is 5.91 Å². The molecule has 0 aliphatic carbocycles. The minimum Gasteiger partial charge on any atom is -0.385 e. The average molecular weight is 357 g/mol. The van der Waals surface area contributed by atoms with Crippen molar-refractivity contribution in [3.63, 3.8) is 0 Å². The van der Waals surface area contributed by atoms with Crippen molar-refractivity contribution in [3.05, 3.63) is 29.3 Å². The Bertz CT molecular complexity index is 742. The van der Waals surface area contributed by atoms with Gasteiger partial charge in [0.05, 0.1) is 0 Å². The summed E-state index contributed by atoms with van der Waals surface area (Å²) < 4.78 is 0. The van der Waals surface area contributed by atoms with E-state index in [1.807, 2.05) is 18.2 Å². The summed E-state index contributed by atoms with van der Waals surface area (Å²) in [6.45, 7) is 7.95. The summed E-state index contributed by atoms with van der Waals surface area (Å²) >= 11 is 0. The quantitative estimate of drug-likeness (QED) is 0.767. The van der Waals surface area contributed by atoms with Gasteiger partial charge in [0.15, 0.2) is 0 Å². The van der Waals surface area contributed by atoms with Crippen molar-refractivity contribution in [2.45, 2.75) is 59.0 Å². The second kappa shape index (κ2) is 7.09. The smallest absolute Gasteiger partial charge is 0.255 e. The number of nitrogens with zero attached hydrogens (tertiary/aromatic N) is 1. The lowest BCUT2D eigenvalue weighted by Gasteiger charge is -2.29. The molecule has 1 saturated heterocycles. The fraction of sp³-hybridized carbons (Fsp3) is 0.550. The molecule has 0 aromatic heterocycles. The van der Waals surface area contributed by atoms with Gasteiger partial charge >= 0.3 is 0 Å². The number of hydrogen-bond donors (Lipinski definition) is 2. The molecule has 2 heterocycles. The van der Waals surface area contributed by atoms with Gasteiger partial charge in [0.2, 0.25) is 11.8 Å². The molecule has 1 aromatic rings. The van der Waals surface area contributed by atoms with Crippen LogP contribution in [0.2, 0.25) is 0 Å². The first-order valence-corrected chi connectivity index (χ1v) is 9.32. The molecule has 140 valence electrons. The fourth-order valence-corrected chi connectivity index (χ4v) is 3.79. The highest BCUT2D eigenvalue weighted by molar-refractivity contribution is 6.05. The van der Waals surface area contributed by atoms with Crippen LogP contribution in [-0.2, 0) is 16.1 Å². The Balaban J connectivity index is 1.70. The van der Waals surface area contributed by atoms with Crippen LogP contribution in [0.1, 0.15) is 62.4 Å². The van der Waals surface area contributed by atoms with Crippen molar-refractivity contribution in [1.82, 2.24) is 10.2 Å². The van der Waals surface area contributed by atoms with Crippen molar-refractivity contribution < 1.29 is 14.4 Å². The summed E-state index contributed by atoms with van der Waals surface area (Å²) in [4.78, 5) is 37.7. The summed E-state index contributed by atoms with van der Waals surface area (Å²) in [5.74, 6) is -0.772. The summed E-state index contributed by atoms with van der Waals surface area (Å²) in [5, 5.41) is 5.80. The highest BCUT2D eigenvalue weighted by atomic mass is 16.2. The van der Waals surface area contributed by atoms with Crippen LogP contribution in [0.25, 0.3) is 0 Å². The first kappa shape index (κ1) is 18.4. The Kier molecular flexibility index (Phi) is 5.03. The second-order valence-electron chi connectivity index (χ2n) is 8.04. The van der Waals surface area contributed by atoms with Gasteiger partial charge in [-0.2, -0.15) is 0 Å². The molecule has 6 heteroatoms. The molecule has 1 atom stereocenters. The summed E-state index contributed by atoms with van der Waals surface area (Å²) in [6, 6.07) is 5.19. The molecule has 0 spiro atoms. The number of fused-ring (bicyclic) bond motifs is 1. The zero-order valence-electron chi connectivity index (χ0n) is 15.7. The van der Waals surface area contributed by atoms with Crippen molar-refractivity contribution in [1.29, 1.82) is 0 Å². The third-order valence-corrected chi connectivity index (χ3v) is 5.22. The predicted octanol–water partition coefficient (Wildman–Crippen LogP) is 2.69. The van der Waals surface area contributed by atoms with E-state index < -0.39 is 6.04 Å². The van der Waals surface area contributed by atoms with Gasteiger partial charge < -0.3 is 10.2 Å². The molecule has 2 aliphatic rings. The number of rotatable bonds is 6. The van der Waals surface area contributed by atoms with E-state index in [2.05, 4.69) is 31.4 Å². The number of nitrogens with one attached hydrogen (secondary N) is 2. The number of anilines is 1. The van der Waals surface area contributed by atoms with Crippen molar-refractivity contribution in [3.8, 4) is 0 Å². The van der Waals surface area contributed by atoms with Crippen LogP contribution >= 0.6 is 0 Å². The zero-order valence-corrected chi connectivity index (χ0v) is 15.7. The van der Waals surface area contributed by atoms with Crippen LogP contribution < -0.4 is 10.6 Å². The Morgan fingerprint density at radius 3 is 2.73 bits per heavy atom. The molecule has 2 aliphatic heterocycles. The minimum absolute atomic E-state index is 0.132. The topological polar surface area (TPSA) is 78.5 Å². The van der Waals surface area contributed by atoms with Gasteiger partial charge in [0.1, 0.15) is 6.04 Å². The lowest BCUT2D eigenvalue weighted by molar-refractivity contribution is -0.136. The molecule has 0 saturated carbocycles. The molecule has 26 heavy (non-hydrogen) atoms. The van der Waals surface area contributed by atoms with E-state index in [9.17, 15) is 14.4 Å². The number of hydrogen-bond acceptors (Lipinski definition) is 4. The van der Waals surface area contributed by atoms with E-state index in [1.54, 1.807) is 4.90 Å².